The molecule has 2 rings (SSSR count). The fourth-order valence-corrected chi connectivity index (χ4v) is 3.09. The zero-order chi connectivity index (χ0) is 14.5. The highest BCUT2D eigenvalue weighted by Gasteiger charge is 2.15. The fourth-order valence-electron chi connectivity index (χ4n) is 2.39. The first-order valence-corrected chi connectivity index (χ1v) is 8.29. The van der Waals surface area contributed by atoms with Crippen LogP contribution >= 0.6 is 22.6 Å². The summed E-state index contributed by atoms with van der Waals surface area (Å²) < 4.78 is 1.31. The van der Waals surface area contributed by atoms with Crippen LogP contribution in [0.3, 0.4) is 0 Å². The molecule has 2 aromatic rings. The van der Waals surface area contributed by atoms with Crippen LogP contribution in [-0.2, 0) is 0 Å². The molecular formula is C18H22IN. The molecule has 2 heteroatoms. The van der Waals surface area contributed by atoms with Crippen molar-refractivity contribution >= 4 is 22.6 Å². The molecule has 0 aromatic heterocycles. The van der Waals surface area contributed by atoms with Gasteiger partial charge in [0.05, 0.1) is 6.04 Å². The van der Waals surface area contributed by atoms with Crippen molar-refractivity contribution < 1.29 is 0 Å². The monoisotopic (exact) mass is 379 g/mol. The summed E-state index contributed by atoms with van der Waals surface area (Å²) in [6, 6.07) is 17.9. The van der Waals surface area contributed by atoms with E-state index in [0.717, 1.165) is 6.54 Å². The van der Waals surface area contributed by atoms with Crippen molar-refractivity contribution in [3.8, 4) is 0 Å². The molecule has 0 aliphatic heterocycles. The molecule has 0 radical (unpaired) electrons. The lowest BCUT2D eigenvalue weighted by Crippen LogP contribution is -2.22. The van der Waals surface area contributed by atoms with Gasteiger partial charge >= 0.3 is 0 Å². The van der Waals surface area contributed by atoms with Crippen LogP contribution in [0.1, 0.15) is 49.4 Å². The Labute approximate surface area is 135 Å². The van der Waals surface area contributed by atoms with Gasteiger partial charge in [0.25, 0.3) is 0 Å². The van der Waals surface area contributed by atoms with Crippen molar-refractivity contribution in [3.05, 3.63) is 68.8 Å². The normalized spacial score (nSPS) is 12.7. The Kier molecular flexibility index (Phi) is 5.61. The van der Waals surface area contributed by atoms with Crippen LogP contribution in [0.4, 0.5) is 0 Å². The Bertz CT molecular complexity index is 546. The topological polar surface area (TPSA) is 12.0 Å². The summed E-state index contributed by atoms with van der Waals surface area (Å²) >= 11 is 2.42. The van der Waals surface area contributed by atoms with Gasteiger partial charge < -0.3 is 5.32 Å². The van der Waals surface area contributed by atoms with Crippen molar-refractivity contribution in [1.29, 1.82) is 0 Å². The van der Waals surface area contributed by atoms with E-state index >= 15 is 0 Å². The van der Waals surface area contributed by atoms with E-state index in [1.54, 1.807) is 0 Å². The second-order valence-electron chi connectivity index (χ2n) is 5.33. The maximum absolute atomic E-state index is 3.60. The third-order valence-electron chi connectivity index (χ3n) is 3.56. The first-order valence-electron chi connectivity index (χ1n) is 7.21. The van der Waals surface area contributed by atoms with E-state index in [-0.39, 0.29) is 6.04 Å². The SMILES string of the molecule is CCNC(c1ccc(C(C)C)cc1)c1ccccc1I. The van der Waals surface area contributed by atoms with Crippen LogP contribution in [0.2, 0.25) is 0 Å². The number of hydrogen-bond donors (Lipinski definition) is 1. The molecule has 106 valence electrons. The molecule has 0 fully saturated rings. The molecule has 1 unspecified atom stereocenters. The summed E-state index contributed by atoms with van der Waals surface area (Å²) in [7, 11) is 0. The van der Waals surface area contributed by atoms with Crippen LogP contribution in [-0.4, -0.2) is 6.54 Å². The average Bonchev–Trinajstić information content (AvgIpc) is 2.46. The first-order chi connectivity index (χ1) is 9.63. The predicted molar refractivity (Wildman–Crippen MR) is 95.2 cm³/mol. The first kappa shape index (κ1) is 15.5. The van der Waals surface area contributed by atoms with Gasteiger partial charge in [-0.15, -0.1) is 0 Å². The van der Waals surface area contributed by atoms with Gasteiger partial charge in [-0.25, -0.2) is 0 Å². The number of rotatable bonds is 5. The van der Waals surface area contributed by atoms with Crippen molar-refractivity contribution in [3.63, 3.8) is 0 Å². The summed E-state index contributed by atoms with van der Waals surface area (Å²) in [5, 5.41) is 3.60. The lowest BCUT2D eigenvalue weighted by Gasteiger charge is -2.21. The maximum atomic E-state index is 3.60. The molecule has 1 nitrogen and oxygen atoms in total. The largest absolute Gasteiger partial charge is 0.306 e. The highest BCUT2D eigenvalue weighted by atomic mass is 127. The molecule has 0 saturated carbocycles. The van der Waals surface area contributed by atoms with E-state index in [2.05, 4.69) is 97.2 Å². The Morgan fingerprint density at radius 3 is 2.10 bits per heavy atom. The van der Waals surface area contributed by atoms with Gasteiger partial charge in [-0.1, -0.05) is 63.2 Å². The second-order valence-corrected chi connectivity index (χ2v) is 6.50. The van der Waals surface area contributed by atoms with E-state index in [1.165, 1.54) is 20.3 Å². The van der Waals surface area contributed by atoms with E-state index < -0.39 is 0 Å². The molecule has 0 heterocycles. The Hall–Kier alpha value is -0.870. The fraction of sp³-hybridized carbons (Fsp3) is 0.333. The van der Waals surface area contributed by atoms with Crippen LogP contribution in [0, 0.1) is 3.57 Å². The lowest BCUT2D eigenvalue weighted by molar-refractivity contribution is 0.628. The summed E-state index contributed by atoms with van der Waals surface area (Å²) in [6.07, 6.45) is 0. The number of benzene rings is 2. The van der Waals surface area contributed by atoms with Gasteiger partial charge in [0.1, 0.15) is 0 Å². The third kappa shape index (κ3) is 3.61. The van der Waals surface area contributed by atoms with Crippen molar-refractivity contribution in [2.75, 3.05) is 6.54 Å². The van der Waals surface area contributed by atoms with Crippen molar-refractivity contribution in [2.24, 2.45) is 0 Å². The Balaban J connectivity index is 2.36. The Morgan fingerprint density at radius 2 is 1.55 bits per heavy atom. The second kappa shape index (κ2) is 7.23. The maximum Gasteiger partial charge on any atom is 0.0587 e. The molecule has 0 aliphatic rings. The van der Waals surface area contributed by atoms with Gasteiger partial charge in [-0.3, -0.25) is 0 Å². The molecule has 1 N–H and O–H groups in total. The molecule has 2 aromatic carbocycles. The van der Waals surface area contributed by atoms with Crippen LogP contribution in [0.25, 0.3) is 0 Å². The number of nitrogens with one attached hydrogen (secondary N) is 1. The van der Waals surface area contributed by atoms with E-state index in [0.29, 0.717) is 5.92 Å². The molecule has 0 saturated heterocycles. The smallest absolute Gasteiger partial charge is 0.0587 e. The molecule has 0 amide bonds. The van der Waals surface area contributed by atoms with E-state index in [1.807, 2.05) is 0 Å². The standard InChI is InChI=1S/C18H22IN/c1-4-20-18(16-7-5-6-8-17(16)19)15-11-9-14(10-12-15)13(2)3/h5-13,18,20H,4H2,1-3H3. The number of hydrogen-bond acceptors (Lipinski definition) is 1. The van der Waals surface area contributed by atoms with Crippen molar-refractivity contribution in [2.45, 2.75) is 32.7 Å². The van der Waals surface area contributed by atoms with E-state index in [9.17, 15) is 0 Å². The zero-order valence-electron chi connectivity index (χ0n) is 12.4. The molecule has 0 aliphatic carbocycles. The quantitative estimate of drug-likeness (QED) is 0.712. The molecule has 20 heavy (non-hydrogen) atoms. The van der Waals surface area contributed by atoms with Gasteiger partial charge in [0.15, 0.2) is 0 Å². The van der Waals surface area contributed by atoms with Gasteiger partial charge in [0.2, 0.25) is 0 Å². The molecule has 0 spiro atoms. The van der Waals surface area contributed by atoms with Crippen LogP contribution in [0.15, 0.2) is 48.5 Å². The molecule has 0 bridgehead atoms. The molecular weight excluding hydrogens is 357 g/mol. The third-order valence-corrected chi connectivity index (χ3v) is 4.54. The van der Waals surface area contributed by atoms with Crippen molar-refractivity contribution in [1.82, 2.24) is 5.32 Å². The Morgan fingerprint density at radius 1 is 0.950 bits per heavy atom. The van der Waals surface area contributed by atoms with E-state index in [4.69, 9.17) is 0 Å². The minimum atomic E-state index is 0.273. The van der Waals surface area contributed by atoms with Gasteiger partial charge in [-0.2, -0.15) is 0 Å². The van der Waals surface area contributed by atoms with Crippen LogP contribution < -0.4 is 5.32 Å². The predicted octanol–water partition coefficient (Wildman–Crippen LogP) is 5.11. The number of halogens is 1. The van der Waals surface area contributed by atoms with Gasteiger partial charge in [0, 0.05) is 3.57 Å². The summed E-state index contributed by atoms with van der Waals surface area (Å²) in [5.41, 5.74) is 4.08. The minimum Gasteiger partial charge on any atom is -0.306 e. The lowest BCUT2D eigenvalue weighted by atomic mass is 9.95. The zero-order valence-corrected chi connectivity index (χ0v) is 14.5. The summed E-state index contributed by atoms with van der Waals surface area (Å²) in [6.45, 7) is 7.58. The minimum absolute atomic E-state index is 0.273. The van der Waals surface area contributed by atoms with Gasteiger partial charge in [-0.05, 0) is 57.8 Å². The molecule has 1 atom stereocenters. The highest BCUT2D eigenvalue weighted by Crippen LogP contribution is 2.27. The highest BCUT2D eigenvalue weighted by molar-refractivity contribution is 14.1. The summed E-state index contributed by atoms with van der Waals surface area (Å²) in [4.78, 5) is 0. The summed E-state index contributed by atoms with van der Waals surface area (Å²) in [5.74, 6) is 0.582. The average molecular weight is 379 g/mol. The van der Waals surface area contributed by atoms with Crippen LogP contribution in [0.5, 0.6) is 0 Å².